The molecular formula is C26H32N4O4S. The van der Waals surface area contributed by atoms with Crippen molar-refractivity contribution < 1.29 is 19.2 Å². The highest BCUT2D eigenvalue weighted by molar-refractivity contribution is 7.13. The fourth-order valence-corrected chi connectivity index (χ4v) is 5.47. The number of benzene rings is 1. The average Bonchev–Trinajstić information content (AvgIpc) is 3.52. The molecule has 35 heavy (non-hydrogen) atoms. The maximum atomic E-state index is 13.5. The minimum absolute atomic E-state index is 0.0559. The lowest BCUT2D eigenvalue weighted by molar-refractivity contribution is -0.141. The maximum Gasteiger partial charge on any atom is 0.243 e. The summed E-state index contributed by atoms with van der Waals surface area (Å²) in [4.78, 5) is 33.6. The van der Waals surface area contributed by atoms with Gasteiger partial charge in [-0.05, 0) is 43.4 Å². The molecule has 2 aromatic heterocycles. The van der Waals surface area contributed by atoms with Gasteiger partial charge in [-0.15, -0.1) is 11.3 Å². The summed E-state index contributed by atoms with van der Waals surface area (Å²) in [5.74, 6) is -0.641. The van der Waals surface area contributed by atoms with E-state index >= 15 is 0 Å². The monoisotopic (exact) mass is 496 g/mol. The number of hydrogen-bond donors (Lipinski definition) is 2. The molecule has 0 saturated carbocycles. The van der Waals surface area contributed by atoms with Gasteiger partial charge in [-0.3, -0.25) is 9.59 Å². The number of aliphatic hydroxyl groups excluding tert-OH is 1. The number of aliphatic hydroxyl groups is 1. The number of rotatable bonds is 7. The molecule has 1 aromatic carbocycles. The Morgan fingerprint density at radius 1 is 1.26 bits per heavy atom. The minimum Gasteiger partial charge on any atom is -0.391 e. The number of β-amino-alcohol motifs (C(OH)–C–C–N with tert-alkyl or cyclic N) is 1. The third-order valence-electron chi connectivity index (χ3n) is 6.55. The fraction of sp³-hybridized carbons (Fsp3) is 0.462. The highest BCUT2D eigenvalue weighted by atomic mass is 32.1. The molecule has 1 aliphatic rings. The maximum absolute atomic E-state index is 13.5. The van der Waals surface area contributed by atoms with Crippen molar-refractivity contribution in [3.05, 3.63) is 58.1 Å². The number of thiazole rings is 1. The normalized spacial score (nSPS) is 18.8. The van der Waals surface area contributed by atoms with Crippen molar-refractivity contribution >= 4 is 23.2 Å². The number of carbonyl (C=O) groups is 2. The summed E-state index contributed by atoms with van der Waals surface area (Å²) in [6, 6.07) is 7.17. The molecular weight excluding hydrogens is 464 g/mol. The largest absolute Gasteiger partial charge is 0.391 e. The smallest absolute Gasteiger partial charge is 0.243 e. The van der Waals surface area contributed by atoms with Crippen LogP contribution in [0.1, 0.15) is 54.5 Å². The van der Waals surface area contributed by atoms with Crippen LogP contribution in [0.2, 0.25) is 0 Å². The van der Waals surface area contributed by atoms with Crippen LogP contribution in [0.4, 0.5) is 0 Å². The topological polar surface area (TPSA) is 109 Å². The Bertz CT molecular complexity index is 1220. The van der Waals surface area contributed by atoms with Gasteiger partial charge >= 0.3 is 0 Å². The first-order chi connectivity index (χ1) is 16.7. The molecule has 1 aliphatic heterocycles. The number of aromatic nitrogens is 2. The molecule has 0 bridgehead atoms. The van der Waals surface area contributed by atoms with Crippen LogP contribution in [0.3, 0.4) is 0 Å². The zero-order chi connectivity index (χ0) is 25.3. The van der Waals surface area contributed by atoms with Gasteiger partial charge in [-0.1, -0.05) is 37.2 Å². The molecule has 4 rings (SSSR count). The summed E-state index contributed by atoms with van der Waals surface area (Å²) in [5.41, 5.74) is 6.70. The molecule has 0 spiro atoms. The lowest BCUT2D eigenvalue weighted by Gasteiger charge is -2.28. The Morgan fingerprint density at radius 2 is 2.03 bits per heavy atom. The summed E-state index contributed by atoms with van der Waals surface area (Å²) in [5, 5.41) is 17.2. The first-order valence-electron chi connectivity index (χ1n) is 11.8. The van der Waals surface area contributed by atoms with Gasteiger partial charge in [0.15, 0.2) is 0 Å². The van der Waals surface area contributed by atoms with Crippen LogP contribution in [-0.4, -0.2) is 50.7 Å². The van der Waals surface area contributed by atoms with Gasteiger partial charge in [0.05, 0.1) is 27.9 Å². The third kappa shape index (κ3) is 5.31. The number of nitrogens with one attached hydrogen (secondary N) is 1. The first kappa shape index (κ1) is 25.1. The van der Waals surface area contributed by atoms with E-state index in [2.05, 4.69) is 21.5 Å². The SMILES string of the molecule is Cc1cc(C(C(=O)N2C[C@H](O)C[C@H]2C(=O)NCc2ccc(-c3scnc3C)cc2C)C(C)C)on1. The van der Waals surface area contributed by atoms with Crippen molar-refractivity contribution in [2.24, 2.45) is 5.92 Å². The van der Waals surface area contributed by atoms with E-state index in [9.17, 15) is 14.7 Å². The Balaban J connectivity index is 1.46. The number of nitrogens with zero attached hydrogens (tertiary/aromatic N) is 3. The average molecular weight is 497 g/mol. The van der Waals surface area contributed by atoms with Gasteiger partial charge in [0.25, 0.3) is 0 Å². The van der Waals surface area contributed by atoms with E-state index in [4.69, 9.17) is 4.52 Å². The van der Waals surface area contributed by atoms with Crippen LogP contribution < -0.4 is 5.32 Å². The lowest BCUT2D eigenvalue weighted by Crippen LogP contribution is -2.48. The summed E-state index contributed by atoms with van der Waals surface area (Å²) in [6.45, 7) is 10.1. The lowest BCUT2D eigenvalue weighted by atomic mass is 9.91. The summed E-state index contributed by atoms with van der Waals surface area (Å²) >= 11 is 1.61. The molecule has 9 heteroatoms. The summed E-state index contributed by atoms with van der Waals surface area (Å²) < 4.78 is 5.39. The van der Waals surface area contributed by atoms with E-state index in [0.717, 1.165) is 27.3 Å². The summed E-state index contributed by atoms with van der Waals surface area (Å²) in [7, 11) is 0. The molecule has 3 atom stereocenters. The molecule has 0 aliphatic carbocycles. The number of hydrogen-bond acceptors (Lipinski definition) is 7. The van der Waals surface area contributed by atoms with E-state index in [1.807, 2.05) is 45.3 Å². The Morgan fingerprint density at radius 3 is 2.63 bits per heavy atom. The van der Waals surface area contributed by atoms with E-state index in [-0.39, 0.29) is 30.7 Å². The molecule has 186 valence electrons. The zero-order valence-electron chi connectivity index (χ0n) is 20.7. The van der Waals surface area contributed by atoms with Gasteiger partial charge in [-0.25, -0.2) is 4.98 Å². The molecule has 8 nitrogen and oxygen atoms in total. The van der Waals surface area contributed by atoms with E-state index in [1.165, 1.54) is 4.90 Å². The quantitative estimate of drug-likeness (QED) is 0.516. The Hall–Kier alpha value is -3.04. The molecule has 1 unspecified atom stereocenters. The highest BCUT2D eigenvalue weighted by Gasteiger charge is 2.43. The predicted octanol–water partition coefficient (Wildman–Crippen LogP) is 3.74. The molecule has 2 amide bonds. The zero-order valence-corrected chi connectivity index (χ0v) is 21.6. The van der Waals surface area contributed by atoms with Gasteiger partial charge in [0.2, 0.25) is 11.8 Å². The van der Waals surface area contributed by atoms with Crippen LogP contribution in [0.25, 0.3) is 10.4 Å². The van der Waals surface area contributed by atoms with Gasteiger partial charge in [-0.2, -0.15) is 0 Å². The molecule has 3 heterocycles. The summed E-state index contributed by atoms with van der Waals surface area (Å²) in [6.07, 6.45) is -0.539. The van der Waals surface area contributed by atoms with Gasteiger partial charge < -0.3 is 19.8 Å². The third-order valence-corrected chi connectivity index (χ3v) is 7.53. The van der Waals surface area contributed by atoms with Crippen LogP contribution in [-0.2, 0) is 16.1 Å². The number of aryl methyl sites for hydroxylation is 3. The Kier molecular flexibility index (Phi) is 7.37. The number of carbonyl (C=O) groups excluding carboxylic acids is 2. The molecule has 2 N–H and O–H groups in total. The molecule has 1 fully saturated rings. The highest BCUT2D eigenvalue weighted by Crippen LogP contribution is 2.31. The van der Waals surface area contributed by atoms with Crippen LogP contribution >= 0.6 is 11.3 Å². The van der Waals surface area contributed by atoms with Crippen molar-refractivity contribution in [1.29, 1.82) is 0 Å². The van der Waals surface area contributed by atoms with Crippen molar-refractivity contribution in [1.82, 2.24) is 20.4 Å². The molecule has 1 saturated heterocycles. The van der Waals surface area contributed by atoms with E-state index in [0.29, 0.717) is 18.0 Å². The number of amides is 2. The Labute approximate surface area is 209 Å². The van der Waals surface area contributed by atoms with Crippen LogP contribution in [0, 0.1) is 26.7 Å². The van der Waals surface area contributed by atoms with E-state index < -0.39 is 18.1 Å². The molecule has 0 radical (unpaired) electrons. The van der Waals surface area contributed by atoms with Gasteiger partial charge in [0, 0.05) is 25.6 Å². The first-order valence-corrected chi connectivity index (χ1v) is 12.7. The van der Waals surface area contributed by atoms with E-state index in [1.54, 1.807) is 24.3 Å². The molecule has 3 aromatic rings. The second-order valence-corrected chi connectivity index (χ2v) is 10.5. The van der Waals surface area contributed by atoms with Crippen molar-refractivity contribution in [2.45, 2.75) is 65.6 Å². The second-order valence-electron chi connectivity index (χ2n) is 9.61. The van der Waals surface area contributed by atoms with Crippen molar-refractivity contribution in [3.63, 3.8) is 0 Å². The minimum atomic E-state index is -0.748. The van der Waals surface area contributed by atoms with Crippen LogP contribution in [0.5, 0.6) is 0 Å². The van der Waals surface area contributed by atoms with Crippen LogP contribution in [0.15, 0.2) is 34.3 Å². The number of likely N-dealkylation sites (tertiary alicyclic amines) is 1. The fourth-order valence-electron chi connectivity index (χ4n) is 4.66. The van der Waals surface area contributed by atoms with Crippen molar-refractivity contribution in [3.8, 4) is 10.4 Å². The van der Waals surface area contributed by atoms with Crippen molar-refractivity contribution in [2.75, 3.05) is 6.54 Å². The van der Waals surface area contributed by atoms with Gasteiger partial charge in [0.1, 0.15) is 17.7 Å². The predicted molar refractivity (Wildman–Crippen MR) is 134 cm³/mol. The second kappa shape index (κ2) is 10.3. The standard InChI is InChI=1S/C26H32N4O4S/c1-14(2)23(22-9-16(4)29-34-22)26(33)30-12-20(31)10-21(30)25(32)27-11-19-7-6-18(8-15(19)3)24-17(5)28-13-35-24/h6-9,13-14,20-21,23,31H,10-12H2,1-5H3,(H,27,32)/t20-,21+,23?/m1/s1.